The Labute approximate surface area is 224 Å². The zero-order valence-electron chi connectivity index (χ0n) is 22.6. The molecule has 8 nitrogen and oxygen atoms in total. The number of hydrogen-bond acceptors (Lipinski definition) is 5. The molecule has 3 aliphatic rings. The maximum absolute atomic E-state index is 14.2. The number of amides is 3. The molecule has 5 rings (SSSR count). The lowest BCUT2D eigenvalue weighted by atomic mass is 9.80. The van der Waals surface area contributed by atoms with E-state index in [1.54, 1.807) is 31.0 Å². The molecule has 0 saturated carbocycles. The van der Waals surface area contributed by atoms with E-state index in [1.807, 2.05) is 32.0 Å². The molecule has 1 saturated heterocycles. The van der Waals surface area contributed by atoms with Gasteiger partial charge >= 0.3 is 0 Å². The van der Waals surface area contributed by atoms with Crippen molar-refractivity contribution >= 4 is 17.7 Å². The number of fused-ring (bicyclic) bond motifs is 4. The van der Waals surface area contributed by atoms with Gasteiger partial charge in [-0.2, -0.15) is 0 Å². The summed E-state index contributed by atoms with van der Waals surface area (Å²) in [6, 6.07) is 10.8. The van der Waals surface area contributed by atoms with E-state index in [-0.39, 0.29) is 35.9 Å². The summed E-state index contributed by atoms with van der Waals surface area (Å²) in [5.41, 5.74) is 3.31. The quantitative estimate of drug-likeness (QED) is 0.487. The predicted octanol–water partition coefficient (Wildman–Crippen LogP) is 2.90. The number of aromatic hydroxyl groups is 1. The van der Waals surface area contributed by atoms with Crippen LogP contribution >= 0.6 is 0 Å². The number of phenolic OH excluding ortho intramolecular Hbond substituents is 1. The van der Waals surface area contributed by atoms with Crippen LogP contribution in [-0.2, 0) is 27.2 Å². The van der Waals surface area contributed by atoms with Gasteiger partial charge in [-0.15, -0.1) is 0 Å². The van der Waals surface area contributed by atoms with Crippen LogP contribution in [0, 0.1) is 5.41 Å². The first-order valence-electron chi connectivity index (χ1n) is 13.6. The number of hydrogen-bond donors (Lipinski definition) is 4. The normalized spacial score (nSPS) is 26.4. The molecule has 3 amide bonds. The average molecular weight is 519 g/mol. The average Bonchev–Trinajstić information content (AvgIpc) is 3.12. The van der Waals surface area contributed by atoms with Crippen LogP contribution < -0.4 is 16.0 Å². The number of rotatable bonds is 5. The number of carbonyl (C=O) groups excluding carboxylic acids is 3. The Morgan fingerprint density at radius 3 is 2.55 bits per heavy atom. The molecule has 5 atom stereocenters. The molecular weight excluding hydrogens is 480 g/mol. The molecule has 2 aromatic carbocycles. The molecule has 0 aromatic heterocycles. The SMILES string of the molecule is CN[C@@H](C)C(=O)N[C@H]1Cc2cccc(O)c2[C@H]2CC(C)(C)[C@H](C(=O)N[C@@H]3CCCc4ccccc43)N2C1=O. The van der Waals surface area contributed by atoms with Crippen molar-refractivity contribution in [3.63, 3.8) is 0 Å². The molecule has 38 heavy (non-hydrogen) atoms. The van der Waals surface area contributed by atoms with E-state index in [2.05, 4.69) is 28.1 Å². The van der Waals surface area contributed by atoms with Gasteiger partial charge in [0.2, 0.25) is 17.7 Å². The van der Waals surface area contributed by atoms with Gasteiger partial charge in [-0.1, -0.05) is 50.2 Å². The van der Waals surface area contributed by atoms with E-state index in [4.69, 9.17) is 0 Å². The molecule has 8 heteroatoms. The van der Waals surface area contributed by atoms with Crippen LogP contribution in [0.3, 0.4) is 0 Å². The van der Waals surface area contributed by atoms with Crippen molar-refractivity contribution in [3.05, 3.63) is 64.7 Å². The second kappa shape index (κ2) is 10.1. The third-order valence-corrected chi connectivity index (χ3v) is 8.63. The largest absolute Gasteiger partial charge is 0.508 e. The highest BCUT2D eigenvalue weighted by Gasteiger charge is 2.56. The van der Waals surface area contributed by atoms with Crippen LogP contribution in [0.15, 0.2) is 42.5 Å². The van der Waals surface area contributed by atoms with E-state index in [0.717, 1.165) is 30.4 Å². The minimum Gasteiger partial charge on any atom is -0.508 e. The van der Waals surface area contributed by atoms with Gasteiger partial charge in [-0.25, -0.2) is 0 Å². The Bertz CT molecular complexity index is 1260. The van der Waals surface area contributed by atoms with Gasteiger partial charge < -0.3 is 26.0 Å². The van der Waals surface area contributed by atoms with E-state index in [1.165, 1.54) is 5.56 Å². The second-order valence-electron chi connectivity index (χ2n) is 11.6. The first-order chi connectivity index (χ1) is 18.1. The molecule has 2 aromatic rings. The standard InChI is InChI=1S/C30H38N4O4/c1-17(31-4)27(36)33-22-15-19-11-8-14-24(35)25(19)23-16-30(2,3)26(34(23)29(22)38)28(37)32-21-13-7-10-18-9-5-6-12-20(18)21/h5-6,8-9,11-12,14,17,21-23,26,31,35H,7,10,13,15-16H2,1-4H3,(H,32,37)(H,33,36)/t17-,21+,22-,23+,26-/m0/s1. The molecule has 1 aliphatic carbocycles. The third-order valence-electron chi connectivity index (χ3n) is 8.63. The minimum atomic E-state index is -0.844. The van der Waals surface area contributed by atoms with E-state index < -0.39 is 29.6 Å². The van der Waals surface area contributed by atoms with Crippen molar-refractivity contribution < 1.29 is 19.5 Å². The lowest BCUT2D eigenvalue weighted by molar-refractivity contribution is -0.145. The highest BCUT2D eigenvalue weighted by atomic mass is 16.3. The fourth-order valence-electron chi connectivity index (χ4n) is 6.61. The van der Waals surface area contributed by atoms with Gasteiger partial charge in [0.1, 0.15) is 17.8 Å². The van der Waals surface area contributed by atoms with Gasteiger partial charge in [-0.3, -0.25) is 14.4 Å². The molecule has 4 N–H and O–H groups in total. The van der Waals surface area contributed by atoms with E-state index >= 15 is 0 Å². The Morgan fingerprint density at radius 2 is 1.79 bits per heavy atom. The molecule has 0 radical (unpaired) electrons. The number of aryl methyl sites for hydroxylation is 1. The van der Waals surface area contributed by atoms with Crippen molar-refractivity contribution in [3.8, 4) is 5.75 Å². The summed E-state index contributed by atoms with van der Waals surface area (Å²) in [6.45, 7) is 5.74. The number of phenols is 1. The summed E-state index contributed by atoms with van der Waals surface area (Å²) in [7, 11) is 1.69. The van der Waals surface area contributed by atoms with Gasteiger partial charge in [0.15, 0.2) is 0 Å². The number of nitrogens with zero attached hydrogens (tertiary/aromatic N) is 1. The number of likely N-dealkylation sites (N-methyl/N-ethyl adjacent to an activating group) is 1. The van der Waals surface area contributed by atoms with Crippen LogP contribution in [0.1, 0.15) is 74.4 Å². The summed E-state index contributed by atoms with van der Waals surface area (Å²) in [5, 5.41) is 20.0. The van der Waals surface area contributed by atoms with Crippen molar-refractivity contribution in [2.45, 2.75) is 83.1 Å². The first-order valence-corrected chi connectivity index (χ1v) is 13.6. The molecular formula is C30H38N4O4. The van der Waals surface area contributed by atoms with Gasteiger partial charge in [0.05, 0.1) is 18.1 Å². The highest BCUT2D eigenvalue weighted by Crippen LogP contribution is 2.52. The highest BCUT2D eigenvalue weighted by molar-refractivity contribution is 5.95. The summed E-state index contributed by atoms with van der Waals surface area (Å²) in [4.78, 5) is 42.7. The fraction of sp³-hybridized carbons (Fsp3) is 0.500. The lowest BCUT2D eigenvalue weighted by Gasteiger charge is -2.36. The topological polar surface area (TPSA) is 111 Å². The summed E-state index contributed by atoms with van der Waals surface area (Å²) >= 11 is 0. The lowest BCUT2D eigenvalue weighted by Crippen LogP contribution is -2.57. The Morgan fingerprint density at radius 1 is 1.05 bits per heavy atom. The maximum atomic E-state index is 14.2. The molecule has 0 unspecified atom stereocenters. The van der Waals surface area contributed by atoms with Crippen LogP contribution in [0.4, 0.5) is 0 Å². The van der Waals surface area contributed by atoms with Crippen molar-refractivity contribution in [2.75, 3.05) is 7.05 Å². The monoisotopic (exact) mass is 518 g/mol. The smallest absolute Gasteiger partial charge is 0.246 e. The Hall–Kier alpha value is -3.39. The number of benzene rings is 2. The first kappa shape index (κ1) is 26.2. The van der Waals surface area contributed by atoms with Crippen molar-refractivity contribution in [1.82, 2.24) is 20.9 Å². The molecule has 202 valence electrons. The zero-order valence-corrected chi connectivity index (χ0v) is 22.6. The predicted molar refractivity (Wildman–Crippen MR) is 144 cm³/mol. The van der Waals surface area contributed by atoms with E-state index in [0.29, 0.717) is 12.0 Å². The van der Waals surface area contributed by atoms with E-state index in [9.17, 15) is 19.5 Å². The van der Waals surface area contributed by atoms with Crippen LogP contribution in [0.2, 0.25) is 0 Å². The summed E-state index contributed by atoms with van der Waals surface area (Å²) in [6.07, 6.45) is 3.60. The van der Waals surface area contributed by atoms with Crippen molar-refractivity contribution in [1.29, 1.82) is 0 Å². The molecule has 2 aliphatic heterocycles. The fourth-order valence-corrected chi connectivity index (χ4v) is 6.61. The van der Waals surface area contributed by atoms with Crippen molar-refractivity contribution in [2.24, 2.45) is 5.41 Å². The number of nitrogens with one attached hydrogen (secondary N) is 3. The minimum absolute atomic E-state index is 0.110. The van der Waals surface area contributed by atoms with Crippen LogP contribution in [0.25, 0.3) is 0 Å². The van der Waals surface area contributed by atoms with Crippen LogP contribution in [-0.4, -0.2) is 52.9 Å². The summed E-state index contributed by atoms with van der Waals surface area (Å²) in [5.74, 6) is -0.666. The second-order valence-corrected chi connectivity index (χ2v) is 11.6. The van der Waals surface area contributed by atoms with Gasteiger partial charge in [0, 0.05) is 12.0 Å². The molecule has 1 fully saturated rings. The molecule has 2 heterocycles. The zero-order chi connectivity index (χ0) is 27.2. The molecule has 0 spiro atoms. The summed E-state index contributed by atoms with van der Waals surface area (Å²) < 4.78 is 0. The van der Waals surface area contributed by atoms with Gasteiger partial charge in [-0.05, 0) is 67.8 Å². The van der Waals surface area contributed by atoms with Gasteiger partial charge in [0.25, 0.3) is 0 Å². The van der Waals surface area contributed by atoms with Crippen LogP contribution in [0.5, 0.6) is 5.75 Å². The Balaban J connectivity index is 1.52. The third kappa shape index (κ3) is 4.55. The molecule has 0 bridgehead atoms. The maximum Gasteiger partial charge on any atom is 0.246 e. The number of carbonyl (C=O) groups is 3. The Kier molecular flexibility index (Phi) is 6.94.